The number of aryl methyl sites for hydroxylation is 1. The van der Waals surface area contributed by atoms with E-state index in [0.717, 1.165) is 37.2 Å². The summed E-state index contributed by atoms with van der Waals surface area (Å²) < 4.78 is 1.90. The third-order valence-electron chi connectivity index (χ3n) is 3.95. The Labute approximate surface area is 117 Å². The number of nitrogens with zero attached hydrogens (tertiary/aromatic N) is 4. The maximum Gasteiger partial charge on any atom is 0.229 e. The van der Waals surface area contributed by atoms with Crippen LogP contribution in [0.4, 0.5) is 0 Å². The van der Waals surface area contributed by atoms with Crippen molar-refractivity contribution < 1.29 is 4.79 Å². The zero-order valence-corrected chi connectivity index (χ0v) is 11.6. The predicted molar refractivity (Wildman–Crippen MR) is 73.8 cm³/mol. The molecule has 0 aromatic carbocycles. The zero-order valence-electron chi connectivity index (χ0n) is 11.6. The molecular formula is C14H19N5O. The molecule has 0 bridgehead atoms. The molecule has 3 heterocycles. The van der Waals surface area contributed by atoms with Crippen LogP contribution in [0.25, 0.3) is 0 Å². The van der Waals surface area contributed by atoms with E-state index in [2.05, 4.69) is 15.2 Å². The van der Waals surface area contributed by atoms with Gasteiger partial charge in [0.1, 0.15) is 0 Å². The van der Waals surface area contributed by atoms with Gasteiger partial charge in [0.25, 0.3) is 0 Å². The summed E-state index contributed by atoms with van der Waals surface area (Å²) in [6, 6.07) is 2.09. The molecule has 1 amide bonds. The van der Waals surface area contributed by atoms with Crippen molar-refractivity contribution in [1.29, 1.82) is 0 Å². The molecule has 0 spiro atoms. The van der Waals surface area contributed by atoms with Gasteiger partial charge in [0.15, 0.2) is 0 Å². The largest absolute Gasteiger partial charge is 0.337 e. The average molecular weight is 273 g/mol. The maximum absolute atomic E-state index is 12.6. The van der Waals surface area contributed by atoms with Crippen molar-refractivity contribution >= 4 is 5.91 Å². The summed E-state index contributed by atoms with van der Waals surface area (Å²) in [5.41, 5.74) is 1.98. The third kappa shape index (κ3) is 2.45. The van der Waals surface area contributed by atoms with E-state index in [4.69, 9.17) is 0 Å². The van der Waals surface area contributed by atoms with Gasteiger partial charge in [-0.3, -0.25) is 9.89 Å². The summed E-state index contributed by atoms with van der Waals surface area (Å²) in [6.45, 7) is 0.820. The highest BCUT2D eigenvalue weighted by Gasteiger charge is 2.29. The number of rotatable bonds is 3. The minimum atomic E-state index is 0.131. The fraction of sp³-hybridized carbons (Fsp3) is 0.500. The van der Waals surface area contributed by atoms with Crippen LogP contribution in [0.3, 0.4) is 0 Å². The van der Waals surface area contributed by atoms with Crippen LogP contribution in [-0.4, -0.2) is 37.1 Å². The molecule has 0 radical (unpaired) electrons. The van der Waals surface area contributed by atoms with Crippen molar-refractivity contribution in [2.45, 2.75) is 31.7 Å². The highest BCUT2D eigenvalue weighted by Crippen LogP contribution is 2.30. The molecule has 1 unspecified atom stereocenters. The Kier molecular flexibility index (Phi) is 3.54. The number of piperidine rings is 1. The van der Waals surface area contributed by atoms with E-state index >= 15 is 0 Å². The van der Waals surface area contributed by atoms with E-state index in [9.17, 15) is 4.79 Å². The standard InChI is InChI=1S/C14H19N5O/c1-18-10-15-9-11(18)8-14(20)19-7-3-2-4-13(19)12-5-6-16-17-12/h5-6,9-10,13H,2-4,7-8H2,1H3,(H,16,17). The second-order valence-corrected chi connectivity index (χ2v) is 5.28. The van der Waals surface area contributed by atoms with Gasteiger partial charge in [0.2, 0.25) is 5.91 Å². The third-order valence-corrected chi connectivity index (χ3v) is 3.95. The first kappa shape index (κ1) is 12.9. The van der Waals surface area contributed by atoms with Crippen molar-refractivity contribution in [2.24, 2.45) is 7.05 Å². The van der Waals surface area contributed by atoms with Crippen LogP contribution in [0.15, 0.2) is 24.8 Å². The van der Waals surface area contributed by atoms with Crippen molar-refractivity contribution in [1.82, 2.24) is 24.6 Å². The lowest BCUT2D eigenvalue weighted by molar-refractivity contribution is -0.134. The molecule has 1 aliphatic rings. The molecule has 106 valence electrons. The SMILES string of the molecule is Cn1cncc1CC(=O)N1CCCCC1c1ccn[nH]1. The number of hydrogen-bond donors (Lipinski definition) is 1. The summed E-state index contributed by atoms with van der Waals surface area (Å²) in [4.78, 5) is 18.6. The normalized spacial score (nSPS) is 19.2. The van der Waals surface area contributed by atoms with Gasteiger partial charge >= 0.3 is 0 Å². The molecule has 1 aliphatic heterocycles. The van der Waals surface area contributed by atoms with Crippen LogP contribution < -0.4 is 0 Å². The minimum absolute atomic E-state index is 0.131. The number of amides is 1. The fourth-order valence-corrected chi connectivity index (χ4v) is 2.82. The van der Waals surface area contributed by atoms with Crippen molar-refractivity contribution in [2.75, 3.05) is 6.54 Å². The van der Waals surface area contributed by atoms with Gasteiger partial charge in [-0.25, -0.2) is 4.98 Å². The number of likely N-dealkylation sites (tertiary alicyclic amines) is 1. The smallest absolute Gasteiger partial charge is 0.229 e. The maximum atomic E-state index is 12.6. The van der Waals surface area contributed by atoms with Crippen LogP contribution >= 0.6 is 0 Å². The second-order valence-electron chi connectivity index (χ2n) is 5.28. The molecule has 1 atom stereocenters. The van der Waals surface area contributed by atoms with Crippen LogP contribution in [-0.2, 0) is 18.3 Å². The van der Waals surface area contributed by atoms with Gasteiger partial charge < -0.3 is 9.47 Å². The Morgan fingerprint density at radius 1 is 1.50 bits per heavy atom. The number of imidazole rings is 1. The van der Waals surface area contributed by atoms with Crippen LogP contribution in [0.1, 0.15) is 36.7 Å². The summed E-state index contributed by atoms with van der Waals surface area (Å²) in [7, 11) is 1.91. The number of H-pyrrole nitrogens is 1. The predicted octanol–water partition coefficient (Wildman–Crippen LogP) is 1.44. The Bertz CT molecular complexity index is 574. The van der Waals surface area contributed by atoms with Crippen molar-refractivity contribution in [3.63, 3.8) is 0 Å². The molecule has 20 heavy (non-hydrogen) atoms. The monoisotopic (exact) mass is 273 g/mol. The fourth-order valence-electron chi connectivity index (χ4n) is 2.82. The summed E-state index contributed by atoms with van der Waals surface area (Å²) in [5, 5.41) is 7.00. The topological polar surface area (TPSA) is 66.8 Å². The van der Waals surface area contributed by atoms with Gasteiger partial charge in [-0.15, -0.1) is 0 Å². The Morgan fingerprint density at radius 2 is 2.40 bits per heavy atom. The zero-order chi connectivity index (χ0) is 13.9. The van der Waals surface area contributed by atoms with Crippen molar-refractivity contribution in [3.8, 4) is 0 Å². The lowest BCUT2D eigenvalue weighted by atomic mass is 9.99. The van der Waals surface area contributed by atoms with Gasteiger partial charge in [0, 0.05) is 31.7 Å². The highest BCUT2D eigenvalue weighted by molar-refractivity contribution is 5.78. The van der Waals surface area contributed by atoms with Gasteiger partial charge in [-0.1, -0.05) is 0 Å². The molecule has 1 fully saturated rings. The van der Waals surface area contributed by atoms with E-state index in [0.29, 0.717) is 6.42 Å². The number of aromatic amines is 1. The van der Waals surface area contributed by atoms with Crippen LogP contribution in [0.5, 0.6) is 0 Å². The molecule has 2 aromatic heterocycles. The van der Waals surface area contributed by atoms with Crippen molar-refractivity contribution in [3.05, 3.63) is 36.2 Å². The lowest BCUT2D eigenvalue weighted by Gasteiger charge is -2.35. The van der Waals surface area contributed by atoms with Gasteiger partial charge in [-0.2, -0.15) is 5.10 Å². The molecule has 1 saturated heterocycles. The number of carbonyl (C=O) groups excluding carboxylic acids is 1. The van der Waals surface area contributed by atoms with Gasteiger partial charge in [0.05, 0.1) is 24.5 Å². The first-order valence-electron chi connectivity index (χ1n) is 6.99. The first-order valence-corrected chi connectivity index (χ1v) is 6.99. The number of aromatic nitrogens is 4. The van der Waals surface area contributed by atoms with Crippen LogP contribution in [0.2, 0.25) is 0 Å². The van der Waals surface area contributed by atoms with Crippen LogP contribution in [0, 0.1) is 0 Å². The molecule has 0 aliphatic carbocycles. The van der Waals surface area contributed by atoms with E-state index < -0.39 is 0 Å². The second kappa shape index (κ2) is 5.48. The summed E-state index contributed by atoms with van der Waals surface area (Å²) in [6.07, 6.45) is 8.85. The molecule has 6 nitrogen and oxygen atoms in total. The lowest BCUT2D eigenvalue weighted by Crippen LogP contribution is -2.39. The van der Waals surface area contributed by atoms with E-state index in [1.165, 1.54) is 0 Å². The van der Waals surface area contributed by atoms with E-state index in [1.54, 1.807) is 18.7 Å². The molecule has 2 aromatic rings. The Morgan fingerprint density at radius 3 is 3.10 bits per heavy atom. The minimum Gasteiger partial charge on any atom is -0.337 e. The average Bonchev–Trinajstić information content (AvgIpc) is 3.11. The number of hydrogen-bond acceptors (Lipinski definition) is 3. The first-order chi connectivity index (χ1) is 9.75. The molecule has 0 saturated carbocycles. The number of nitrogens with one attached hydrogen (secondary N) is 1. The Balaban J connectivity index is 1.76. The molecular weight excluding hydrogens is 254 g/mol. The van der Waals surface area contributed by atoms with E-state index in [1.807, 2.05) is 22.6 Å². The Hall–Kier alpha value is -2.11. The molecule has 1 N–H and O–H groups in total. The quantitative estimate of drug-likeness (QED) is 0.920. The van der Waals surface area contributed by atoms with E-state index in [-0.39, 0.29) is 11.9 Å². The molecule has 6 heteroatoms. The highest BCUT2D eigenvalue weighted by atomic mass is 16.2. The number of carbonyl (C=O) groups is 1. The van der Waals surface area contributed by atoms with Gasteiger partial charge in [-0.05, 0) is 25.3 Å². The molecule has 3 rings (SSSR count). The summed E-state index contributed by atoms with van der Waals surface area (Å²) >= 11 is 0. The summed E-state index contributed by atoms with van der Waals surface area (Å²) in [5.74, 6) is 0.160.